The molecule has 6 rings (SSSR count). The molecule has 1 nitrogen and oxygen atoms in total. The maximum atomic E-state index is 13.5. The Balaban J connectivity index is 1.48. The minimum atomic E-state index is -4.25. The second-order valence-corrected chi connectivity index (χ2v) is 11.9. The number of rotatable bonds is 3. The minimum absolute atomic E-state index is 0.0483. The lowest BCUT2D eigenvalue weighted by Crippen LogP contribution is -2.45. The molecule has 0 bridgehead atoms. The third kappa shape index (κ3) is 3.27. The fourth-order valence-electron chi connectivity index (χ4n) is 6.42. The Bertz CT molecular complexity index is 1590. The third-order valence-electron chi connectivity index (χ3n) is 9.06. The number of hydrogen-bond acceptors (Lipinski definition) is 1. The first-order valence-corrected chi connectivity index (χ1v) is 12.8. The quantitative estimate of drug-likeness (QED) is 0.275. The Morgan fingerprint density at radius 3 is 2.14 bits per heavy atom. The van der Waals surface area contributed by atoms with Crippen molar-refractivity contribution in [3.8, 4) is 11.3 Å². The highest BCUT2D eigenvalue weighted by atomic mass is 19.4. The van der Waals surface area contributed by atoms with Crippen molar-refractivity contribution < 1.29 is 13.2 Å². The van der Waals surface area contributed by atoms with Gasteiger partial charge in [-0.2, -0.15) is 13.2 Å². The van der Waals surface area contributed by atoms with Crippen molar-refractivity contribution in [3.05, 3.63) is 101 Å². The molecule has 4 heteroatoms. The Morgan fingerprint density at radius 1 is 0.838 bits per heavy atom. The first-order chi connectivity index (χ1) is 17.3. The summed E-state index contributed by atoms with van der Waals surface area (Å²) in [5.74, 6) is 0. The van der Waals surface area contributed by atoms with Crippen molar-refractivity contribution in [3.63, 3.8) is 0 Å². The van der Waals surface area contributed by atoms with Gasteiger partial charge in [-0.3, -0.25) is 4.98 Å². The molecule has 37 heavy (non-hydrogen) atoms. The fourth-order valence-corrected chi connectivity index (χ4v) is 6.42. The lowest BCUT2D eigenvalue weighted by Gasteiger charge is -2.49. The van der Waals surface area contributed by atoms with Gasteiger partial charge in [0.05, 0.1) is 11.1 Å². The number of alkyl halides is 3. The van der Waals surface area contributed by atoms with E-state index in [4.69, 9.17) is 4.98 Å². The molecule has 4 aromatic rings. The summed E-state index contributed by atoms with van der Waals surface area (Å²) >= 11 is 0. The average molecular weight is 498 g/mol. The first-order valence-electron chi connectivity index (χ1n) is 12.8. The Hall–Kier alpha value is -3.40. The van der Waals surface area contributed by atoms with E-state index >= 15 is 0 Å². The zero-order valence-electron chi connectivity index (χ0n) is 21.8. The second-order valence-electron chi connectivity index (χ2n) is 11.9. The molecule has 1 heterocycles. The van der Waals surface area contributed by atoms with Gasteiger partial charge in [0.15, 0.2) is 0 Å². The van der Waals surface area contributed by atoms with Crippen LogP contribution in [-0.4, -0.2) is 11.2 Å². The van der Waals surface area contributed by atoms with Crippen molar-refractivity contribution in [2.75, 3.05) is 0 Å². The lowest BCUT2D eigenvalue weighted by atomic mass is 9.53. The first kappa shape index (κ1) is 24.0. The van der Waals surface area contributed by atoms with E-state index in [0.29, 0.717) is 5.56 Å². The molecule has 2 aliphatic carbocycles. The second kappa shape index (κ2) is 7.56. The van der Waals surface area contributed by atoms with Crippen LogP contribution in [0.25, 0.3) is 33.7 Å². The topological polar surface area (TPSA) is 12.9 Å². The van der Waals surface area contributed by atoms with E-state index in [0.717, 1.165) is 16.8 Å². The van der Waals surface area contributed by atoms with Gasteiger partial charge in [-0.25, -0.2) is 0 Å². The van der Waals surface area contributed by atoms with Crippen molar-refractivity contribution in [1.29, 1.82) is 0 Å². The normalized spacial score (nSPS) is 19.9. The molecule has 1 atom stereocenters. The van der Waals surface area contributed by atoms with Crippen LogP contribution in [0.5, 0.6) is 0 Å². The predicted molar refractivity (Wildman–Crippen MR) is 145 cm³/mol. The Labute approximate surface area is 216 Å². The molecular formula is C33H30F3N. The number of aromatic nitrogens is 1. The van der Waals surface area contributed by atoms with Gasteiger partial charge in [-0.15, -0.1) is 0 Å². The maximum Gasteiger partial charge on any atom is 0.394 e. The number of allylic oxidation sites excluding steroid dienone is 1. The average Bonchev–Trinajstić information content (AvgIpc) is 3.16. The van der Waals surface area contributed by atoms with Crippen LogP contribution in [0, 0.1) is 5.41 Å². The van der Waals surface area contributed by atoms with Gasteiger partial charge in [0.25, 0.3) is 0 Å². The summed E-state index contributed by atoms with van der Waals surface area (Å²) in [7, 11) is 0. The number of pyridine rings is 1. The van der Waals surface area contributed by atoms with E-state index < -0.39 is 11.6 Å². The Morgan fingerprint density at radius 2 is 1.49 bits per heavy atom. The number of halogens is 3. The van der Waals surface area contributed by atoms with Crippen LogP contribution in [0.4, 0.5) is 13.2 Å². The van der Waals surface area contributed by atoms with Crippen LogP contribution in [0.3, 0.4) is 0 Å². The van der Waals surface area contributed by atoms with E-state index in [-0.39, 0.29) is 17.3 Å². The lowest BCUT2D eigenvalue weighted by molar-refractivity contribution is -0.211. The summed E-state index contributed by atoms with van der Waals surface area (Å²) in [5.41, 5.74) is 6.39. The van der Waals surface area contributed by atoms with E-state index in [2.05, 4.69) is 69.3 Å². The van der Waals surface area contributed by atoms with Crippen LogP contribution in [-0.2, 0) is 17.3 Å². The molecule has 0 spiro atoms. The summed E-state index contributed by atoms with van der Waals surface area (Å²) in [4.78, 5) is 4.90. The highest BCUT2D eigenvalue weighted by molar-refractivity contribution is 6.01. The smallest absolute Gasteiger partial charge is 0.256 e. The van der Waals surface area contributed by atoms with Gasteiger partial charge in [0.1, 0.15) is 0 Å². The van der Waals surface area contributed by atoms with Crippen LogP contribution in [0.2, 0.25) is 0 Å². The van der Waals surface area contributed by atoms with Gasteiger partial charge in [0, 0.05) is 22.6 Å². The minimum Gasteiger partial charge on any atom is -0.256 e. The largest absolute Gasteiger partial charge is 0.394 e. The monoisotopic (exact) mass is 497 g/mol. The standard InChI is InChI=1S/C33H30F3N/c1-30(2,33(34,35)36)19-20-10-12-21(13-11-20)26-18-24-14-15-37-29-25-16-22-8-6-7-9-23(22)17-27(25)31(3,4)32(26,5)28(24)29/h6-18H,19H2,1-5H3. The van der Waals surface area contributed by atoms with Gasteiger partial charge >= 0.3 is 6.18 Å². The third-order valence-corrected chi connectivity index (χ3v) is 9.06. The van der Waals surface area contributed by atoms with E-state index in [1.165, 1.54) is 46.9 Å². The van der Waals surface area contributed by atoms with Crippen molar-refractivity contribution >= 4 is 22.4 Å². The van der Waals surface area contributed by atoms with Crippen molar-refractivity contribution in [1.82, 2.24) is 4.98 Å². The van der Waals surface area contributed by atoms with Crippen LogP contribution >= 0.6 is 0 Å². The molecule has 0 amide bonds. The molecule has 0 N–H and O–H groups in total. The number of fused-ring (bicyclic) bond motifs is 3. The zero-order valence-corrected chi connectivity index (χ0v) is 21.8. The Kier molecular flexibility index (Phi) is 4.90. The van der Waals surface area contributed by atoms with Gasteiger partial charge in [-0.1, -0.05) is 83.1 Å². The van der Waals surface area contributed by atoms with Crippen LogP contribution < -0.4 is 0 Å². The van der Waals surface area contributed by atoms with Gasteiger partial charge in [-0.05, 0) is 74.9 Å². The molecule has 0 aliphatic heterocycles. The summed E-state index contributed by atoms with van der Waals surface area (Å²) in [6.07, 6.45) is -0.161. The molecule has 0 fully saturated rings. The molecule has 2 aliphatic rings. The molecule has 3 aromatic carbocycles. The zero-order chi connectivity index (χ0) is 26.4. The molecular weight excluding hydrogens is 467 g/mol. The maximum absolute atomic E-state index is 13.5. The number of benzene rings is 3. The SMILES string of the molecule is CC(C)(Cc1ccc(C2=Cc3ccnc4c3C2(C)C(C)(C)c2cc3ccccc3cc2-4)cc1)C(F)(F)F. The summed E-state index contributed by atoms with van der Waals surface area (Å²) in [5, 5.41) is 2.40. The van der Waals surface area contributed by atoms with Crippen LogP contribution in [0.1, 0.15) is 62.4 Å². The highest BCUT2D eigenvalue weighted by Crippen LogP contribution is 2.63. The van der Waals surface area contributed by atoms with Gasteiger partial charge < -0.3 is 0 Å². The summed E-state index contributed by atoms with van der Waals surface area (Å²) < 4.78 is 40.4. The van der Waals surface area contributed by atoms with Crippen LogP contribution in [0.15, 0.2) is 72.9 Å². The van der Waals surface area contributed by atoms with E-state index in [1.807, 2.05) is 30.5 Å². The predicted octanol–water partition coefficient (Wildman–Crippen LogP) is 9.14. The number of hydrogen-bond donors (Lipinski definition) is 0. The van der Waals surface area contributed by atoms with Crippen molar-refractivity contribution in [2.45, 2.75) is 58.0 Å². The van der Waals surface area contributed by atoms with Crippen molar-refractivity contribution in [2.24, 2.45) is 5.41 Å². The molecule has 0 radical (unpaired) electrons. The summed E-state index contributed by atoms with van der Waals surface area (Å²) in [6.45, 7) is 9.44. The number of nitrogens with zero attached hydrogens (tertiary/aromatic N) is 1. The van der Waals surface area contributed by atoms with E-state index in [9.17, 15) is 13.2 Å². The van der Waals surface area contributed by atoms with E-state index in [1.54, 1.807) is 0 Å². The molecule has 0 saturated heterocycles. The van der Waals surface area contributed by atoms with Gasteiger partial charge in [0.2, 0.25) is 0 Å². The highest BCUT2D eigenvalue weighted by Gasteiger charge is 2.55. The molecule has 1 unspecified atom stereocenters. The fraction of sp³-hybridized carbons (Fsp3) is 0.303. The molecule has 1 aromatic heterocycles. The summed E-state index contributed by atoms with van der Waals surface area (Å²) in [6, 6.07) is 22.8. The molecule has 188 valence electrons. The molecule has 0 saturated carbocycles.